The predicted octanol–water partition coefficient (Wildman–Crippen LogP) is 2.76. The van der Waals surface area contributed by atoms with Crippen LogP contribution in [0.1, 0.15) is 29.5 Å². The Kier molecular flexibility index (Phi) is 3.80. The van der Waals surface area contributed by atoms with Gasteiger partial charge in [0.2, 0.25) is 0 Å². The largest absolute Gasteiger partial charge is 0.480 e. The second-order valence-corrected chi connectivity index (χ2v) is 5.84. The summed E-state index contributed by atoms with van der Waals surface area (Å²) >= 11 is 1.54. The number of aliphatic carboxylic acids is 1. The normalized spacial score (nSPS) is 20.9. The van der Waals surface area contributed by atoms with Crippen LogP contribution >= 0.6 is 11.3 Å². The molecule has 1 N–H and O–H groups in total. The fraction of sp³-hybridized carbons (Fsp3) is 0.333. The summed E-state index contributed by atoms with van der Waals surface area (Å²) < 4.78 is 0. The van der Waals surface area contributed by atoms with Crippen molar-refractivity contribution < 1.29 is 9.90 Å². The maximum absolute atomic E-state index is 11.6. The lowest BCUT2D eigenvalue weighted by molar-refractivity contribution is -0.143. The summed E-state index contributed by atoms with van der Waals surface area (Å²) in [6.07, 6.45) is 4.63. The van der Waals surface area contributed by atoms with E-state index < -0.39 is 12.0 Å². The fourth-order valence-electron chi connectivity index (χ4n) is 2.85. The van der Waals surface area contributed by atoms with Crippen molar-refractivity contribution in [1.29, 1.82) is 0 Å². The van der Waals surface area contributed by atoms with E-state index in [2.05, 4.69) is 16.0 Å². The van der Waals surface area contributed by atoms with Gasteiger partial charge in [-0.3, -0.25) is 14.7 Å². The van der Waals surface area contributed by atoms with E-state index in [0.29, 0.717) is 5.92 Å². The van der Waals surface area contributed by atoms with Gasteiger partial charge in [-0.2, -0.15) is 11.3 Å². The van der Waals surface area contributed by atoms with Crippen LogP contribution in [0.4, 0.5) is 0 Å². The number of hydrogen-bond acceptors (Lipinski definition) is 4. The average molecular weight is 288 g/mol. The van der Waals surface area contributed by atoms with Crippen molar-refractivity contribution in [2.45, 2.75) is 18.4 Å². The smallest absolute Gasteiger partial charge is 0.325 e. The number of rotatable bonds is 4. The van der Waals surface area contributed by atoms with Crippen molar-refractivity contribution in [2.24, 2.45) is 0 Å². The molecule has 0 radical (unpaired) electrons. The van der Waals surface area contributed by atoms with Gasteiger partial charge >= 0.3 is 5.97 Å². The van der Waals surface area contributed by atoms with Crippen molar-refractivity contribution in [3.8, 4) is 0 Å². The summed E-state index contributed by atoms with van der Waals surface area (Å²) in [6.45, 7) is 1.59. The molecular weight excluding hydrogens is 272 g/mol. The molecule has 1 aliphatic rings. The van der Waals surface area contributed by atoms with Crippen molar-refractivity contribution in [2.75, 3.05) is 13.1 Å². The van der Waals surface area contributed by atoms with E-state index in [1.807, 2.05) is 29.1 Å². The van der Waals surface area contributed by atoms with E-state index in [1.165, 1.54) is 5.56 Å². The zero-order valence-corrected chi connectivity index (χ0v) is 11.8. The van der Waals surface area contributed by atoms with Gasteiger partial charge in [-0.05, 0) is 52.9 Å². The first-order valence-corrected chi connectivity index (χ1v) is 7.59. The second kappa shape index (κ2) is 5.73. The average Bonchev–Trinajstić information content (AvgIpc) is 3.12. The Bertz CT molecular complexity index is 571. The molecule has 104 valence electrons. The lowest BCUT2D eigenvalue weighted by Crippen LogP contribution is -2.32. The fourth-order valence-corrected chi connectivity index (χ4v) is 3.53. The number of carbonyl (C=O) groups is 1. The molecule has 1 saturated heterocycles. The van der Waals surface area contributed by atoms with Crippen molar-refractivity contribution in [1.82, 2.24) is 9.88 Å². The third-order valence-electron chi connectivity index (χ3n) is 3.83. The van der Waals surface area contributed by atoms with Crippen LogP contribution < -0.4 is 0 Å². The molecule has 3 heterocycles. The van der Waals surface area contributed by atoms with E-state index in [1.54, 1.807) is 17.5 Å². The minimum atomic E-state index is -0.768. The minimum absolute atomic E-state index is 0.379. The molecule has 0 aromatic carbocycles. The van der Waals surface area contributed by atoms with Crippen molar-refractivity contribution >= 4 is 17.3 Å². The van der Waals surface area contributed by atoms with E-state index in [4.69, 9.17) is 0 Å². The Balaban J connectivity index is 1.77. The first-order chi connectivity index (χ1) is 9.75. The van der Waals surface area contributed by atoms with E-state index in [0.717, 1.165) is 25.1 Å². The van der Waals surface area contributed by atoms with Crippen LogP contribution in [-0.4, -0.2) is 34.0 Å². The van der Waals surface area contributed by atoms with Crippen LogP contribution in [0, 0.1) is 0 Å². The first kappa shape index (κ1) is 13.3. The van der Waals surface area contributed by atoms with Crippen LogP contribution in [-0.2, 0) is 4.79 Å². The third kappa shape index (κ3) is 2.59. The molecular formula is C15H16N2O2S. The molecule has 0 spiro atoms. The maximum Gasteiger partial charge on any atom is 0.325 e. The number of likely N-dealkylation sites (tertiary alicyclic amines) is 1. The standard InChI is InChI=1S/C15H16N2O2S/c18-15(19)14(13-4-7-20-10-13)17-6-3-12(9-17)11-2-1-5-16-8-11/h1-2,4-5,7-8,10,12,14H,3,6,9H2,(H,18,19). The Hall–Kier alpha value is -1.72. The zero-order chi connectivity index (χ0) is 13.9. The molecule has 2 aromatic rings. The number of pyridine rings is 1. The molecule has 1 aliphatic heterocycles. The van der Waals surface area contributed by atoms with Crippen molar-refractivity contribution in [3.63, 3.8) is 0 Å². The third-order valence-corrected chi connectivity index (χ3v) is 4.53. The van der Waals surface area contributed by atoms with Gasteiger partial charge in [-0.15, -0.1) is 0 Å². The predicted molar refractivity (Wildman–Crippen MR) is 77.9 cm³/mol. The molecule has 0 bridgehead atoms. The van der Waals surface area contributed by atoms with Crippen molar-refractivity contribution in [3.05, 3.63) is 52.5 Å². The summed E-state index contributed by atoms with van der Waals surface area (Å²) in [6, 6.07) is 5.39. The second-order valence-electron chi connectivity index (χ2n) is 5.06. The number of aromatic nitrogens is 1. The Labute approximate surface area is 121 Å². The van der Waals surface area contributed by atoms with Gasteiger partial charge in [-0.25, -0.2) is 0 Å². The van der Waals surface area contributed by atoms with Gasteiger partial charge in [0.25, 0.3) is 0 Å². The van der Waals surface area contributed by atoms with Crippen LogP contribution in [0.25, 0.3) is 0 Å². The lowest BCUT2D eigenvalue weighted by atomic mass is 10.0. The van der Waals surface area contributed by atoms with Gasteiger partial charge in [0.15, 0.2) is 0 Å². The molecule has 2 unspecified atom stereocenters. The molecule has 1 fully saturated rings. The zero-order valence-electron chi connectivity index (χ0n) is 11.0. The van der Waals surface area contributed by atoms with Crippen LogP contribution in [0.15, 0.2) is 41.4 Å². The molecule has 0 aliphatic carbocycles. The highest BCUT2D eigenvalue weighted by Crippen LogP contribution is 2.33. The summed E-state index contributed by atoms with van der Waals surface area (Å²) in [5, 5.41) is 13.4. The molecule has 0 saturated carbocycles. The van der Waals surface area contributed by atoms with E-state index in [9.17, 15) is 9.90 Å². The van der Waals surface area contributed by atoms with Gasteiger partial charge in [0.1, 0.15) is 6.04 Å². The number of hydrogen-bond donors (Lipinski definition) is 1. The Morgan fingerprint density at radius 3 is 3.05 bits per heavy atom. The summed E-state index contributed by atoms with van der Waals surface area (Å²) in [5.41, 5.74) is 2.08. The molecule has 2 aromatic heterocycles. The topological polar surface area (TPSA) is 53.4 Å². The van der Waals surface area contributed by atoms with Crippen LogP contribution in [0.2, 0.25) is 0 Å². The molecule has 4 nitrogen and oxygen atoms in total. The highest BCUT2D eigenvalue weighted by molar-refractivity contribution is 7.08. The first-order valence-electron chi connectivity index (χ1n) is 6.64. The number of carboxylic acids is 1. The monoisotopic (exact) mass is 288 g/mol. The van der Waals surface area contributed by atoms with Gasteiger partial charge < -0.3 is 5.11 Å². The number of thiophene rings is 1. The minimum Gasteiger partial charge on any atom is -0.480 e. The lowest BCUT2D eigenvalue weighted by Gasteiger charge is -2.23. The number of carboxylic acid groups (broad SMARTS) is 1. The maximum atomic E-state index is 11.6. The van der Waals surface area contributed by atoms with Gasteiger partial charge in [0, 0.05) is 18.9 Å². The van der Waals surface area contributed by atoms with E-state index >= 15 is 0 Å². The summed E-state index contributed by atoms with van der Waals surface area (Å²) in [4.78, 5) is 17.8. The quantitative estimate of drug-likeness (QED) is 0.940. The Morgan fingerprint density at radius 2 is 2.40 bits per heavy atom. The summed E-state index contributed by atoms with van der Waals surface area (Å²) in [7, 11) is 0. The molecule has 5 heteroatoms. The van der Waals surface area contributed by atoms with Gasteiger partial charge in [-0.1, -0.05) is 6.07 Å². The molecule has 0 amide bonds. The highest BCUT2D eigenvalue weighted by Gasteiger charge is 2.34. The SMILES string of the molecule is O=C(O)C(c1ccsc1)N1CCC(c2cccnc2)C1. The molecule has 3 rings (SSSR count). The van der Waals surface area contributed by atoms with Crippen LogP contribution in [0.5, 0.6) is 0 Å². The molecule has 2 atom stereocenters. The molecule has 20 heavy (non-hydrogen) atoms. The van der Waals surface area contributed by atoms with Crippen LogP contribution in [0.3, 0.4) is 0 Å². The highest BCUT2D eigenvalue weighted by atomic mass is 32.1. The Morgan fingerprint density at radius 1 is 1.50 bits per heavy atom. The van der Waals surface area contributed by atoms with Gasteiger partial charge in [0.05, 0.1) is 0 Å². The summed E-state index contributed by atoms with van der Waals surface area (Å²) in [5.74, 6) is -0.389. The number of nitrogens with zero attached hydrogens (tertiary/aromatic N) is 2. The van der Waals surface area contributed by atoms with E-state index in [-0.39, 0.29) is 0 Å².